The van der Waals surface area contributed by atoms with Crippen molar-refractivity contribution >= 4 is 48.4 Å². The molecule has 1 aromatic heterocycles. The third-order valence-electron chi connectivity index (χ3n) is 5.96. The zero-order valence-corrected chi connectivity index (χ0v) is 18.6. The van der Waals surface area contributed by atoms with E-state index >= 15 is 0 Å². The van der Waals surface area contributed by atoms with Crippen molar-refractivity contribution in [2.24, 2.45) is 0 Å². The van der Waals surface area contributed by atoms with Gasteiger partial charge in [-0.1, -0.05) is 107 Å². The molecule has 2 nitrogen and oxygen atoms in total. The highest BCUT2D eigenvalue weighted by molar-refractivity contribution is 9.10. The van der Waals surface area contributed by atoms with Crippen molar-refractivity contribution in [3.8, 4) is 22.3 Å². The summed E-state index contributed by atoms with van der Waals surface area (Å²) in [4.78, 5) is 13.1. The monoisotopic (exact) mass is 476 g/mol. The van der Waals surface area contributed by atoms with Gasteiger partial charge in [-0.25, -0.2) is 4.79 Å². The zero-order valence-electron chi connectivity index (χ0n) is 17.0. The number of hydrogen-bond acceptors (Lipinski definition) is 2. The van der Waals surface area contributed by atoms with E-state index in [-0.39, 0.29) is 5.63 Å². The molecule has 0 bridgehead atoms. The normalized spacial score (nSPS) is 11.4. The molecule has 0 aliphatic carbocycles. The molecule has 0 saturated carbocycles. The number of hydrogen-bond donors (Lipinski definition) is 0. The van der Waals surface area contributed by atoms with Crippen LogP contribution in [0.1, 0.15) is 0 Å². The molecule has 152 valence electrons. The summed E-state index contributed by atoms with van der Waals surface area (Å²) < 4.78 is 6.96. The third-order valence-corrected chi connectivity index (χ3v) is 6.45. The summed E-state index contributed by atoms with van der Waals surface area (Å²) in [5.74, 6) is 0. The molecule has 0 amide bonds. The van der Waals surface area contributed by atoms with Crippen molar-refractivity contribution in [3.63, 3.8) is 0 Å². The molecule has 0 aliphatic rings. The lowest BCUT2D eigenvalue weighted by molar-refractivity contribution is 0.571. The van der Waals surface area contributed by atoms with E-state index in [0.29, 0.717) is 11.0 Å². The van der Waals surface area contributed by atoms with Gasteiger partial charge in [0.25, 0.3) is 0 Å². The molecule has 0 atom stereocenters. The summed E-state index contributed by atoms with van der Waals surface area (Å²) in [6.45, 7) is 0. The van der Waals surface area contributed by atoms with Crippen molar-refractivity contribution in [1.29, 1.82) is 0 Å². The van der Waals surface area contributed by atoms with E-state index in [1.165, 1.54) is 0 Å². The second kappa shape index (κ2) is 7.47. The van der Waals surface area contributed by atoms with Gasteiger partial charge in [-0.15, -0.1) is 0 Å². The van der Waals surface area contributed by atoms with Crippen LogP contribution in [0.25, 0.3) is 54.8 Å². The van der Waals surface area contributed by atoms with Gasteiger partial charge < -0.3 is 4.42 Å². The second-order valence-corrected chi connectivity index (χ2v) is 8.73. The maximum atomic E-state index is 13.1. The first kappa shape index (κ1) is 19.0. The average Bonchev–Trinajstić information content (AvgIpc) is 2.84. The highest BCUT2D eigenvalue weighted by Gasteiger charge is 2.21. The Balaban J connectivity index is 1.96. The molecule has 1 heterocycles. The second-order valence-electron chi connectivity index (χ2n) is 7.81. The van der Waals surface area contributed by atoms with Crippen LogP contribution in [0.3, 0.4) is 0 Å². The lowest BCUT2D eigenvalue weighted by Crippen LogP contribution is -2.02. The first-order valence-electron chi connectivity index (χ1n) is 10.4. The van der Waals surface area contributed by atoms with E-state index in [1.807, 2.05) is 60.7 Å². The topological polar surface area (TPSA) is 30.2 Å². The van der Waals surface area contributed by atoms with Crippen molar-refractivity contribution in [1.82, 2.24) is 0 Å². The molecule has 5 aromatic carbocycles. The summed E-state index contributed by atoms with van der Waals surface area (Å²) in [7, 11) is 0. The Morgan fingerprint density at radius 3 is 1.78 bits per heavy atom. The quantitative estimate of drug-likeness (QED) is 0.143. The molecular weight excluding hydrogens is 460 g/mol. The number of halogens is 1. The number of rotatable bonds is 2. The molecule has 3 heteroatoms. The molecule has 0 aliphatic heterocycles. The van der Waals surface area contributed by atoms with Crippen molar-refractivity contribution in [2.45, 2.75) is 0 Å². The van der Waals surface area contributed by atoms with Gasteiger partial charge in [0.1, 0.15) is 5.58 Å². The van der Waals surface area contributed by atoms with Crippen molar-refractivity contribution < 1.29 is 4.42 Å². The van der Waals surface area contributed by atoms with Crippen LogP contribution in [0.4, 0.5) is 0 Å². The van der Waals surface area contributed by atoms with Gasteiger partial charge in [0.2, 0.25) is 0 Å². The molecule has 6 aromatic rings. The molecule has 0 fully saturated rings. The number of fused-ring (bicyclic) bond motifs is 4. The van der Waals surface area contributed by atoms with E-state index in [0.717, 1.165) is 48.3 Å². The zero-order chi connectivity index (χ0) is 21.7. The SMILES string of the molecule is O=c1oc2c(-c3ccccc3)c3ccccc3c(-c3ccccc3)c2c2ccc(Br)cc12. The summed E-state index contributed by atoms with van der Waals surface area (Å²) in [6, 6.07) is 34.6. The highest BCUT2D eigenvalue weighted by atomic mass is 79.9. The summed E-state index contributed by atoms with van der Waals surface area (Å²) in [6.07, 6.45) is 0. The third kappa shape index (κ3) is 2.89. The predicted octanol–water partition coefficient (Wildman–Crippen LogP) is 8.20. The van der Waals surface area contributed by atoms with Crippen molar-refractivity contribution in [2.75, 3.05) is 0 Å². The average molecular weight is 477 g/mol. The Bertz CT molecular complexity index is 1680. The van der Waals surface area contributed by atoms with E-state index < -0.39 is 0 Å². The van der Waals surface area contributed by atoms with E-state index in [2.05, 4.69) is 58.4 Å². The van der Waals surface area contributed by atoms with Crippen LogP contribution >= 0.6 is 15.9 Å². The van der Waals surface area contributed by atoms with Crippen LogP contribution in [0, 0.1) is 0 Å². The Hall–Kier alpha value is -3.69. The van der Waals surface area contributed by atoms with Crippen LogP contribution in [0.15, 0.2) is 117 Å². The van der Waals surface area contributed by atoms with Crippen LogP contribution in [-0.2, 0) is 0 Å². The van der Waals surface area contributed by atoms with E-state index in [9.17, 15) is 4.79 Å². The minimum atomic E-state index is -0.333. The Labute approximate surface area is 192 Å². The lowest BCUT2D eigenvalue weighted by Gasteiger charge is -2.17. The van der Waals surface area contributed by atoms with Gasteiger partial charge in [0.15, 0.2) is 0 Å². The smallest absolute Gasteiger partial charge is 0.344 e. The Morgan fingerprint density at radius 1 is 0.562 bits per heavy atom. The summed E-state index contributed by atoms with van der Waals surface area (Å²) in [5, 5.41) is 4.60. The highest BCUT2D eigenvalue weighted by Crippen LogP contribution is 2.45. The first-order chi connectivity index (χ1) is 15.7. The molecule has 0 radical (unpaired) electrons. The molecule has 0 unspecified atom stereocenters. The van der Waals surface area contributed by atoms with Gasteiger partial charge in [0, 0.05) is 26.4 Å². The van der Waals surface area contributed by atoms with Gasteiger partial charge in [0.05, 0.1) is 5.39 Å². The largest absolute Gasteiger partial charge is 0.422 e. The minimum Gasteiger partial charge on any atom is -0.422 e. The lowest BCUT2D eigenvalue weighted by atomic mass is 9.87. The van der Waals surface area contributed by atoms with Gasteiger partial charge in [-0.2, -0.15) is 0 Å². The van der Waals surface area contributed by atoms with Crippen molar-refractivity contribution in [3.05, 3.63) is 118 Å². The molecular formula is C29H17BrO2. The standard InChI is InChI=1S/C29H17BrO2/c30-20-15-16-23-24(17-20)29(31)32-28-26(19-11-5-2-6-12-19)22-14-8-7-13-21(22)25(27(23)28)18-9-3-1-4-10-18/h1-17H. The molecule has 0 spiro atoms. The maximum absolute atomic E-state index is 13.1. The summed E-state index contributed by atoms with van der Waals surface area (Å²) in [5.41, 5.74) is 4.41. The molecule has 6 rings (SSSR count). The molecule has 32 heavy (non-hydrogen) atoms. The first-order valence-corrected chi connectivity index (χ1v) is 11.2. The van der Waals surface area contributed by atoms with Crippen LogP contribution < -0.4 is 5.63 Å². The predicted molar refractivity (Wildman–Crippen MR) is 136 cm³/mol. The van der Waals surface area contributed by atoms with Crippen LogP contribution in [0.5, 0.6) is 0 Å². The fraction of sp³-hybridized carbons (Fsp3) is 0. The van der Waals surface area contributed by atoms with Crippen LogP contribution in [0.2, 0.25) is 0 Å². The molecule has 0 saturated heterocycles. The van der Waals surface area contributed by atoms with E-state index in [4.69, 9.17) is 4.42 Å². The maximum Gasteiger partial charge on any atom is 0.344 e. The Kier molecular flexibility index (Phi) is 4.44. The van der Waals surface area contributed by atoms with Crippen LogP contribution in [-0.4, -0.2) is 0 Å². The summed E-state index contributed by atoms with van der Waals surface area (Å²) >= 11 is 3.50. The number of benzene rings is 5. The van der Waals surface area contributed by atoms with E-state index in [1.54, 1.807) is 0 Å². The van der Waals surface area contributed by atoms with Gasteiger partial charge in [-0.05, 0) is 34.0 Å². The minimum absolute atomic E-state index is 0.333. The molecule has 0 N–H and O–H groups in total. The Morgan fingerprint density at radius 2 is 1.12 bits per heavy atom. The fourth-order valence-electron chi connectivity index (χ4n) is 4.62. The fourth-order valence-corrected chi connectivity index (χ4v) is 4.98. The van der Waals surface area contributed by atoms with Gasteiger partial charge in [-0.3, -0.25) is 0 Å². The van der Waals surface area contributed by atoms with Gasteiger partial charge >= 0.3 is 5.63 Å².